The van der Waals surface area contributed by atoms with E-state index in [0.29, 0.717) is 11.3 Å². The third kappa shape index (κ3) is 3.41. The molecule has 0 aliphatic heterocycles. The molecule has 0 unspecified atom stereocenters. The topological polar surface area (TPSA) is 99.3 Å². The summed E-state index contributed by atoms with van der Waals surface area (Å²) >= 11 is 0. The maximum Gasteiger partial charge on any atom is 0.255 e. The number of hydrogen-bond donors (Lipinski definition) is 2. The van der Waals surface area contributed by atoms with Gasteiger partial charge in [-0.15, -0.1) is 0 Å². The largest absolute Gasteiger partial charge is 0.327 e. The molecule has 0 bridgehead atoms. The van der Waals surface area contributed by atoms with Gasteiger partial charge in [-0.2, -0.15) is 0 Å². The molecule has 2 aromatic rings. The van der Waals surface area contributed by atoms with Gasteiger partial charge in [-0.25, -0.2) is 12.7 Å². The van der Waals surface area contributed by atoms with Gasteiger partial charge in [-0.05, 0) is 30.3 Å². The molecule has 0 aliphatic carbocycles. The maximum atomic E-state index is 12.0. The van der Waals surface area contributed by atoms with Gasteiger partial charge >= 0.3 is 0 Å². The Morgan fingerprint density at radius 1 is 1.09 bits per heavy atom. The van der Waals surface area contributed by atoms with Crippen molar-refractivity contribution in [1.29, 1.82) is 0 Å². The van der Waals surface area contributed by atoms with Crippen molar-refractivity contribution in [3.05, 3.63) is 58.5 Å². The van der Waals surface area contributed by atoms with E-state index in [4.69, 9.17) is 0 Å². The van der Waals surface area contributed by atoms with Crippen molar-refractivity contribution in [3.8, 4) is 0 Å². The fourth-order valence-electron chi connectivity index (χ4n) is 1.68. The van der Waals surface area contributed by atoms with Crippen molar-refractivity contribution in [2.24, 2.45) is 0 Å². The van der Waals surface area contributed by atoms with E-state index in [1.165, 1.54) is 56.7 Å². The van der Waals surface area contributed by atoms with Gasteiger partial charge in [0.25, 0.3) is 5.91 Å². The van der Waals surface area contributed by atoms with Crippen LogP contribution in [-0.4, -0.2) is 37.7 Å². The van der Waals surface area contributed by atoms with Gasteiger partial charge in [0.2, 0.25) is 15.6 Å². The molecular weight excluding hydrogens is 306 g/mol. The summed E-state index contributed by atoms with van der Waals surface area (Å²) in [5.41, 5.74) is 0.481. The van der Waals surface area contributed by atoms with E-state index in [0.717, 1.165) is 4.31 Å². The predicted octanol–water partition coefficient (Wildman–Crippen LogP) is 0.878. The van der Waals surface area contributed by atoms with E-state index in [-0.39, 0.29) is 10.5 Å². The minimum absolute atomic E-state index is 0.109. The summed E-state index contributed by atoms with van der Waals surface area (Å²) in [5.74, 6) is -0.402. The minimum Gasteiger partial charge on any atom is -0.327 e. The second kappa shape index (κ2) is 6.12. The number of carbonyl (C=O) groups excluding carboxylic acids is 1. The van der Waals surface area contributed by atoms with Crippen LogP contribution in [0.25, 0.3) is 0 Å². The van der Waals surface area contributed by atoms with Crippen molar-refractivity contribution < 1.29 is 13.2 Å². The lowest BCUT2D eigenvalue weighted by molar-refractivity contribution is 0.102. The zero-order chi connectivity index (χ0) is 16.3. The molecule has 0 radical (unpaired) electrons. The minimum atomic E-state index is -3.52. The van der Waals surface area contributed by atoms with Gasteiger partial charge < -0.3 is 10.3 Å². The standard InChI is InChI=1S/C14H15N3O4S/c1-17(2)22(20,21)12-6-3-10(4-7-12)14(19)16-11-5-8-13(18)15-9-11/h3-9H,1-2H3,(H,15,18)(H,16,19). The number of rotatable bonds is 4. The molecule has 0 spiro atoms. The predicted molar refractivity (Wildman–Crippen MR) is 82.3 cm³/mol. The molecule has 0 atom stereocenters. The Balaban J connectivity index is 2.18. The first-order valence-electron chi connectivity index (χ1n) is 6.33. The summed E-state index contributed by atoms with van der Waals surface area (Å²) in [6.07, 6.45) is 1.38. The second-order valence-corrected chi connectivity index (χ2v) is 6.86. The van der Waals surface area contributed by atoms with Crippen LogP contribution in [-0.2, 0) is 10.0 Å². The molecule has 8 heteroatoms. The molecule has 0 saturated carbocycles. The summed E-state index contributed by atoms with van der Waals surface area (Å²) in [5, 5.41) is 2.60. The molecule has 116 valence electrons. The highest BCUT2D eigenvalue weighted by atomic mass is 32.2. The average Bonchev–Trinajstić information content (AvgIpc) is 2.49. The van der Waals surface area contributed by atoms with Crippen LogP contribution in [0.4, 0.5) is 5.69 Å². The number of nitrogens with one attached hydrogen (secondary N) is 2. The molecule has 1 aromatic carbocycles. The van der Waals surface area contributed by atoms with Gasteiger partial charge in [0, 0.05) is 31.9 Å². The first-order valence-corrected chi connectivity index (χ1v) is 7.77. The number of H-pyrrole nitrogens is 1. The first-order chi connectivity index (χ1) is 10.3. The molecule has 1 heterocycles. The van der Waals surface area contributed by atoms with Crippen LogP contribution >= 0.6 is 0 Å². The number of nitrogens with zero attached hydrogens (tertiary/aromatic N) is 1. The Labute approximate surface area is 127 Å². The highest BCUT2D eigenvalue weighted by molar-refractivity contribution is 7.89. The zero-order valence-electron chi connectivity index (χ0n) is 12.0. The second-order valence-electron chi connectivity index (χ2n) is 4.71. The number of sulfonamides is 1. The molecule has 2 rings (SSSR count). The third-order valence-electron chi connectivity index (χ3n) is 2.94. The molecule has 1 aromatic heterocycles. The van der Waals surface area contributed by atoms with Crippen LogP contribution in [0.15, 0.2) is 52.3 Å². The van der Waals surface area contributed by atoms with E-state index in [9.17, 15) is 18.0 Å². The molecule has 7 nitrogen and oxygen atoms in total. The highest BCUT2D eigenvalue weighted by Gasteiger charge is 2.17. The van der Waals surface area contributed by atoms with Gasteiger partial charge in [-0.1, -0.05) is 0 Å². The molecule has 1 amide bonds. The van der Waals surface area contributed by atoms with E-state index < -0.39 is 15.9 Å². The van der Waals surface area contributed by atoms with Crippen LogP contribution < -0.4 is 10.9 Å². The van der Waals surface area contributed by atoms with Crippen molar-refractivity contribution in [3.63, 3.8) is 0 Å². The van der Waals surface area contributed by atoms with Gasteiger partial charge in [-0.3, -0.25) is 9.59 Å². The van der Waals surface area contributed by atoms with Crippen LogP contribution in [0, 0.1) is 0 Å². The number of aromatic amines is 1. The van der Waals surface area contributed by atoms with Crippen molar-refractivity contribution in [2.75, 3.05) is 19.4 Å². The third-order valence-corrected chi connectivity index (χ3v) is 4.77. The Kier molecular flexibility index (Phi) is 4.43. The van der Waals surface area contributed by atoms with E-state index >= 15 is 0 Å². The quantitative estimate of drug-likeness (QED) is 0.873. The lowest BCUT2D eigenvalue weighted by Gasteiger charge is -2.11. The maximum absolute atomic E-state index is 12.0. The van der Waals surface area contributed by atoms with Gasteiger partial charge in [0.1, 0.15) is 0 Å². The lowest BCUT2D eigenvalue weighted by Crippen LogP contribution is -2.22. The molecule has 0 aliphatic rings. The lowest BCUT2D eigenvalue weighted by atomic mass is 10.2. The summed E-state index contributed by atoms with van der Waals surface area (Å²) in [7, 11) is -0.648. The fraction of sp³-hybridized carbons (Fsp3) is 0.143. The van der Waals surface area contributed by atoms with Crippen molar-refractivity contribution in [1.82, 2.24) is 9.29 Å². The van der Waals surface area contributed by atoms with E-state index in [2.05, 4.69) is 10.3 Å². The van der Waals surface area contributed by atoms with Crippen molar-refractivity contribution in [2.45, 2.75) is 4.90 Å². The summed E-state index contributed by atoms with van der Waals surface area (Å²) in [4.78, 5) is 25.5. The van der Waals surface area contributed by atoms with E-state index in [1.807, 2.05) is 0 Å². The number of carbonyl (C=O) groups is 1. The van der Waals surface area contributed by atoms with Crippen LogP contribution in [0.1, 0.15) is 10.4 Å². The van der Waals surface area contributed by atoms with Crippen LogP contribution in [0.3, 0.4) is 0 Å². The molecule has 0 saturated heterocycles. The van der Waals surface area contributed by atoms with Gasteiger partial charge in [0.05, 0.1) is 10.6 Å². The van der Waals surface area contributed by atoms with Gasteiger partial charge in [0.15, 0.2) is 0 Å². The van der Waals surface area contributed by atoms with E-state index in [1.54, 1.807) is 0 Å². The highest BCUT2D eigenvalue weighted by Crippen LogP contribution is 2.15. The Bertz CT molecular complexity index is 819. The van der Waals surface area contributed by atoms with Crippen LogP contribution in [0.2, 0.25) is 0 Å². The monoisotopic (exact) mass is 321 g/mol. The fourth-order valence-corrected chi connectivity index (χ4v) is 2.58. The number of hydrogen-bond acceptors (Lipinski definition) is 4. The Morgan fingerprint density at radius 2 is 1.73 bits per heavy atom. The number of anilines is 1. The molecule has 22 heavy (non-hydrogen) atoms. The Morgan fingerprint density at radius 3 is 2.23 bits per heavy atom. The first kappa shape index (κ1) is 15.9. The summed E-state index contributed by atoms with van der Waals surface area (Å²) in [6.45, 7) is 0. The van der Waals surface area contributed by atoms with Crippen LogP contribution in [0.5, 0.6) is 0 Å². The number of benzene rings is 1. The number of amides is 1. The number of pyridine rings is 1. The SMILES string of the molecule is CN(C)S(=O)(=O)c1ccc(C(=O)Nc2ccc(=O)[nH]c2)cc1. The molecular formula is C14H15N3O4S. The normalized spacial score (nSPS) is 11.4. The molecule has 2 N–H and O–H groups in total. The Hall–Kier alpha value is -2.45. The average molecular weight is 321 g/mol. The summed E-state index contributed by atoms with van der Waals surface area (Å²) in [6, 6.07) is 8.37. The number of aromatic nitrogens is 1. The molecule has 0 fully saturated rings. The zero-order valence-corrected chi connectivity index (χ0v) is 12.8. The van der Waals surface area contributed by atoms with Crippen molar-refractivity contribution >= 4 is 21.6 Å². The summed E-state index contributed by atoms with van der Waals surface area (Å²) < 4.78 is 25.0. The smallest absolute Gasteiger partial charge is 0.255 e.